The molecule has 0 saturated carbocycles. The third-order valence-corrected chi connectivity index (χ3v) is 4.48. The Bertz CT molecular complexity index is 586. The summed E-state index contributed by atoms with van der Waals surface area (Å²) in [5.41, 5.74) is 2.14. The smallest absolute Gasteiger partial charge is 0.243 e. The number of hydrogen-bond donors (Lipinski definition) is 1. The molecule has 0 unspecified atom stereocenters. The summed E-state index contributed by atoms with van der Waals surface area (Å²) in [6.07, 6.45) is 3.14. The van der Waals surface area contributed by atoms with Gasteiger partial charge in [0, 0.05) is 19.5 Å². The van der Waals surface area contributed by atoms with Crippen LogP contribution in [0, 0.1) is 0 Å². The third-order valence-electron chi connectivity index (χ3n) is 4.48. The Balaban J connectivity index is 1.94. The van der Waals surface area contributed by atoms with Crippen LogP contribution >= 0.6 is 0 Å². The molecule has 1 aliphatic rings. The van der Waals surface area contributed by atoms with Gasteiger partial charge in [-0.05, 0) is 44.2 Å². The molecule has 1 fully saturated rings. The topological polar surface area (TPSA) is 58.6 Å². The van der Waals surface area contributed by atoms with Gasteiger partial charge < -0.3 is 15.0 Å². The molecule has 5 nitrogen and oxygen atoms in total. The third kappa shape index (κ3) is 5.56. The molecule has 1 heterocycles. The molecule has 0 spiro atoms. The van der Waals surface area contributed by atoms with E-state index in [1.807, 2.05) is 45.0 Å². The van der Waals surface area contributed by atoms with Crippen molar-refractivity contribution in [3.05, 3.63) is 35.4 Å². The van der Waals surface area contributed by atoms with Gasteiger partial charge in [-0.25, -0.2) is 0 Å². The van der Waals surface area contributed by atoms with Crippen molar-refractivity contribution in [2.45, 2.75) is 71.8 Å². The molecule has 1 saturated heterocycles. The van der Waals surface area contributed by atoms with Gasteiger partial charge in [0.05, 0.1) is 12.7 Å². The minimum atomic E-state index is -0.321. The maximum atomic E-state index is 12.6. The number of benzene rings is 1. The molecule has 1 N–H and O–H groups in total. The molecule has 1 atom stereocenters. The van der Waals surface area contributed by atoms with Crippen LogP contribution in [0.4, 0.5) is 0 Å². The summed E-state index contributed by atoms with van der Waals surface area (Å²) in [5, 5.41) is 3.01. The minimum absolute atomic E-state index is 0.0541. The van der Waals surface area contributed by atoms with E-state index in [4.69, 9.17) is 4.74 Å². The second kappa shape index (κ2) is 9.56. The molecule has 0 radical (unpaired) electrons. The van der Waals surface area contributed by atoms with Crippen molar-refractivity contribution < 1.29 is 14.3 Å². The van der Waals surface area contributed by atoms with Crippen molar-refractivity contribution in [1.29, 1.82) is 0 Å². The van der Waals surface area contributed by atoms with Crippen LogP contribution in [0.1, 0.15) is 57.6 Å². The SMILES string of the molecule is CCCC(=O)N1CCC[C@@H]1C(=O)NCc1ccccc1COC(C)C. The van der Waals surface area contributed by atoms with Crippen molar-refractivity contribution in [3.8, 4) is 0 Å². The zero-order chi connectivity index (χ0) is 18.2. The van der Waals surface area contributed by atoms with E-state index >= 15 is 0 Å². The number of carbonyl (C=O) groups excluding carboxylic acids is 2. The zero-order valence-corrected chi connectivity index (χ0v) is 15.6. The van der Waals surface area contributed by atoms with E-state index in [9.17, 15) is 9.59 Å². The molecule has 138 valence electrons. The van der Waals surface area contributed by atoms with Crippen LogP contribution in [0.25, 0.3) is 0 Å². The van der Waals surface area contributed by atoms with Crippen LogP contribution < -0.4 is 5.32 Å². The normalized spacial score (nSPS) is 17.1. The van der Waals surface area contributed by atoms with E-state index in [-0.39, 0.29) is 24.0 Å². The highest BCUT2D eigenvalue weighted by atomic mass is 16.5. The van der Waals surface area contributed by atoms with E-state index in [1.165, 1.54) is 0 Å². The first-order chi connectivity index (χ1) is 12.0. The van der Waals surface area contributed by atoms with Gasteiger partial charge >= 0.3 is 0 Å². The number of amides is 2. The van der Waals surface area contributed by atoms with Crippen molar-refractivity contribution >= 4 is 11.8 Å². The Morgan fingerprint density at radius 2 is 2.00 bits per heavy atom. The molecule has 1 aromatic rings. The lowest BCUT2D eigenvalue weighted by Crippen LogP contribution is -2.45. The number of ether oxygens (including phenoxy) is 1. The van der Waals surface area contributed by atoms with Gasteiger partial charge in [0.2, 0.25) is 11.8 Å². The quantitative estimate of drug-likeness (QED) is 0.787. The monoisotopic (exact) mass is 346 g/mol. The Kier molecular flexibility index (Phi) is 7.44. The molecule has 0 aliphatic carbocycles. The zero-order valence-electron chi connectivity index (χ0n) is 15.6. The molecule has 0 aromatic heterocycles. The van der Waals surface area contributed by atoms with Gasteiger partial charge in [-0.2, -0.15) is 0 Å². The van der Waals surface area contributed by atoms with Crippen LogP contribution in [-0.4, -0.2) is 35.4 Å². The van der Waals surface area contributed by atoms with Crippen molar-refractivity contribution in [3.63, 3.8) is 0 Å². The van der Waals surface area contributed by atoms with Crippen molar-refractivity contribution in [2.75, 3.05) is 6.54 Å². The molecule has 2 amide bonds. The fourth-order valence-corrected chi connectivity index (χ4v) is 3.12. The van der Waals surface area contributed by atoms with Crippen molar-refractivity contribution in [2.24, 2.45) is 0 Å². The highest BCUT2D eigenvalue weighted by Gasteiger charge is 2.33. The first-order valence-corrected chi connectivity index (χ1v) is 9.28. The molecule has 5 heteroatoms. The van der Waals surface area contributed by atoms with Gasteiger partial charge in [-0.1, -0.05) is 31.2 Å². The van der Waals surface area contributed by atoms with E-state index < -0.39 is 0 Å². The summed E-state index contributed by atoms with van der Waals surface area (Å²) in [7, 11) is 0. The highest BCUT2D eigenvalue weighted by molar-refractivity contribution is 5.88. The molecule has 1 aromatic carbocycles. The van der Waals surface area contributed by atoms with Crippen LogP contribution in [0.5, 0.6) is 0 Å². The van der Waals surface area contributed by atoms with Gasteiger partial charge in [0.25, 0.3) is 0 Å². The number of nitrogens with zero attached hydrogens (tertiary/aromatic N) is 1. The lowest BCUT2D eigenvalue weighted by molar-refractivity contribution is -0.138. The second-order valence-electron chi connectivity index (χ2n) is 6.84. The molecular formula is C20H30N2O3. The maximum absolute atomic E-state index is 12.6. The van der Waals surface area contributed by atoms with Gasteiger partial charge in [0.15, 0.2) is 0 Å². The van der Waals surface area contributed by atoms with Gasteiger partial charge in [0.1, 0.15) is 6.04 Å². The van der Waals surface area contributed by atoms with E-state index in [2.05, 4.69) is 5.32 Å². The summed E-state index contributed by atoms with van der Waals surface area (Å²) in [5.74, 6) is 0.0346. The van der Waals surface area contributed by atoms with Crippen LogP contribution in [0.2, 0.25) is 0 Å². The first-order valence-electron chi connectivity index (χ1n) is 9.28. The Hall–Kier alpha value is -1.88. The largest absolute Gasteiger partial charge is 0.374 e. The molecule has 1 aliphatic heterocycles. The van der Waals surface area contributed by atoms with Crippen LogP contribution in [0.3, 0.4) is 0 Å². The number of nitrogens with one attached hydrogen (secondary N) is 1. The molecule has 2 rings (SSSR count). The number of likely N-dealkylation sites (tertiary alicyclic amines) is 1. The number of rotatable bonds is 8. The lowest BCUT2D eigenvalue weighted by atomic mass is 10.1. The van der Waals surface area contributed by atoms with E-state index in [0.717, 1.165) is 30.4 Å². The summed E-state index contributed by atoms with van der Waals surface area (Å²) in [4.78, 5) is 26.5. The fraction of sp³-hybridized carbons (Fsp3) is 0.600. The van der Waals surface area contributed by atoms with Crippen molar-refractivity contribution in [1.82, 2.24) is 10.2 Å². The average Bonchev–Trinajstić information content (AvgIpc) is 3.08. The van der Waals surface area contributed by atoms with Crippen LogP contribution in [-0.2, 0) is 27.5 Å². The summed E-state index contributed by atoms with van der Waals surface area (Å²) in [6.45, 7) is 7.69. The maximum Gasteiger partial charge on any atom is 0.243 e. The Morgan fingerprint density at radius 1 is 1.28 bits per heavy atom. The van der Waals surface area contributed by atoms with Crippen LogP contribution in [0.15, 0.2) is 24.3 Å². The number of hydrogen-bond acceptors (Lipinski definition) is 3. The Morgan fingerprint density at radius 3 is 2.68 bits per heavy atom. The minimum Gasteiger partial charge on any atom is -0.374 e. The first kappa shape index (κ1) is 19.4. The van der Waals surface area contributed by atoms with E-state index in [1.54, 1.807) is 4.90 Å². The lowest BCUT2D eigenvalue weighted by Gasteiger charge is -2.24. The van der Waals surface area contributed by atoms with E-state index in [0.29, 0.717) is 26.1 Å². The summed E-state index contributed by atoms with van der Waals surface area (Å²) in [6, 6.07) is 7.65. The number of carbonyl (C=O) groups is 2. The predicted molar refractivity (Wildman–Crippen MR) is 97.9 cm³/mol. The van der Waals surface area contributed by atoms with Gasteiger partial charge in [-0.3, -0.25) is 9.59 Å². The summed E-state index contributed by atoms with van der Waals surface area (Å²) >= 11 is 0. The molecule has 0 bridgehead atoms. The average molecular weight is 346 g/mol. The Labute approximate surface area is 150 Å². The predicted octanol–water partition coefficient (Wildman–Crippen LogP) is 3.02. The second-order valence-corrected chi connectivity index (χ2v) is 6.84. The van der Waals surface area contributed by atoms with Gasteiger partial charge in [-0.15, -0.1) is 0 Å². The summed E-state index contributed by atoms with van der Waals surface area (Å²) < 4.78 is 5.68. The molecule has 25 heavy (non-hydrogen) atoms. The fourth-order valence-electron chi connectivity index (χ4n) is 3.12. The highest BCUT2D eigenvalue weighted by Crippen LogP contribution is 2.19. The molecular weight excluding hydrogens is 316 g/mol. The standard InChI is InChI=1S/C20H30N2O3/c1-4-8-19(23)22-12-7-11-18(22)20(24)21-13-16-9-5-6-10-17(16)14-25-15(2)3/h5-6,9-10,15,18H,4,7-8,11-14H2,1-3H3,(H,21,24)/t18-/m1/s1.